The zero-order chi connectivity index (χ0) is 11.5. The summed E-state index contributed by atoms with van der Waals surface area (Å²) in [5.74, 6) is 6.03. The van der Waals surface area contributed by atoms with E-state index < -0.39 is 0 Å². The average molecular weight is 235 g/mol. The summed E-state index contributed by atoms with van der Waals surface area (Å²) in [5.41, 5.74) is 5.74. The minimum Gasteiger partial charge on any atom is -0.330 e. The third kappa shape index (κ3) is 2.03. The SMILES string of the molecule is NCCC#Cc1nc2[nH]c(=S)[nH]c(=O)c2[nH]1. The Morgan fingerprint density at radius 1 is 1.38 bits per heavy atom. The molecule has 0 amide bonds. The Bertz CT molecular complexity index is 683. The fraction of sp³-hybridized carbons (Fsp3) is 0.222. The molecule has 0 saturated carbocycles. The number of nitrogens with one attached hydrogen (secondary N) is 3. The maximum absolute atomic E-state index is 11.5. The van der Waals surface area contributed by atoms with Gasteiger partial charge in [0.15, 0.2) is 16.2 Å². The van der Waals surface area contributed by atoms with Crippen molar-refractivity contribution in [2.75, 3.05) is 6.54 Å². The van der Waals surface area contributed by atoms with Crippen molar-refractivity contribution in [3.05, 3.63) is 20.9 Å². The molecule has 82 valence electrons. The first kappa shape index (κ1) is 10.6. The van der Waals surface area contributed by atoms with Crippen molar-refractivity contribution < 1.29 is 0 Å². The third-order valence-corrected chi connectivity index (χ3v) is 2.07. The van der Waals surface area contributed by atoms with Crippen LogP contribution in [0.2, 0.25) is 0 Å². The lowest BCUT2D eigenvalue weighted by Crippen LogP contribution is -2.07. The Morgan fingerprint density at radius 2 is 2.19 bits per heavy atom. The van der Waals surface area contributed by atoms with Gasteiger partial charge >= 0.3 is 0 Å². The lowest BCUT2D eigenvalue weighted by atomic mass is 10.4. The number of imidazole rings is 1. The molecule has 16 heavy (non-hydrogen) atoms. The van der Waals surface area contributed by atoms with Gasteiger partial charge in [0, 0.05) is 13.0 Å². The highest BCUT2D eigenvalue weighted by Crippen LogP contribution is 2.01. The number of hydrogen-bond donors (Lipinski definition) is 4. The van der Waals surface area contributed by atoms with E-state index in [1.54, 1.807) is 0 Å². The average Bonchev–Trinajstić information content (AvgIpc) is 2.61. The quantitative estimate of drug-likeness (QED) is 0.413. The molecule has 0 unspecified atom stereocenters. The number of nitrogens with zero attached hydrogens (tertiary/aromatic N) is 1. The predicted octanol–water partition coefficient (Wildman–Crippen LogP) is 0.00909. The first-order valence-electron chi connectivity index (χ1n) is 4.62. The Kier molecular flexibility index (Phi) is 2.85. The Hall–Kier alpha value is -1.91. The van der Waals surface area contributed by atoms with E-state index in [1.165, 1.54) is 0 Å². The zero-order valence-corrected chi connectivity index (χ0v) is 9.07. The van der Waals surface area contributed by atoms with Crippen molar-refractivity contribution in [3.63, 3.8) is 0 Å². The van der Waals surface area contributed by atoms with Gasteiger partial charge < -0.3 is 15.7 Å². The van der Waals surface area contributed by atoms with Gasteiger partial charge in [-0.1, -0.05) is 5.92 Å². The van der Waals surface area contributed by atoms with Gasteiger partial charge in [0.1, 0.15) is 5.52 Å². The van der Waals surface area contributed by atoms with E-state index in [4.69, 9.17) is 18.0 Å². The van der Waals surface area contributed by atoms with Gasteiger partial charge in [-0.3, -0.25) is 9.78 Å². The molecule has 0 radical (unpaired) electrons. The summed E-state index contributed by atoms with van der Waals surface area (Å²) in [5, 5.41) is 0. The van der Waals surface area contributed by atoms with E-state index in [2.05, 4.69) is 31.8 Å². The molecule has 0 aliphatic carbocycles. The molecule has 0 atom stereocenters. The summed E-state index contributed by atoms with van der Waals surface area (Å²) in [6, 6.07) is 0. The normalized spacial score (nSPS) is 10.1. The largest absolute Gasteiger partial charge is 0.330 e. The first-order chi connectivity index (χ1) is 7.70. The van der Waals surface area contributed by atoms with Crippen LogP contribution in [0.4, 0.5) is 0 Å². The zero-order valence-electron chi connectivity index (χ0n) is 8.26. The van der Waals surface area contributed by atoms with Crippen LogP contribution in [-0.4, -0.2) is 26.5 Å². The van der Waals surface area contributed by atoms with Crippen molar-refractivity contribution in [2.24, 2.45) is 5.73 Å². The highest BCUT2D eigenvalue weighted by atomic mass is 32.1. The highest BCUT2D eigenvalue weighted by molar-refractivity contribution is 7.71. The summed E-state index contributed by atoms with van der Waals surface area (Å²) in [6.07, 6.45) is 0.587. The number of hydrogen-bond acceptors (Lipinski definition) is 4. The van der Waals surface area contributed by atoms with Gasteiger partial charge in [-0.05, 0) is 18.1 Å². The van der Waals surface area contributed by atoms with Crippen molar-refractivity contribution in [2.45, 2.75) is 6.42 Å². The minimum atomic E-state index is -0.307. The van der Waals surface area contributed by atoms with E-state index in [9.17, 15) is 4.79 Å². The van der Waals surface area contributed by atoms with E-state index in [0.717, 1.165) is 0 Å². The summed E-state index contributed by atoms with van der Waals surface area (Å²) in [4.78, 5) is 23.6. The molecule has 7 heteroatoms. The van der Waals surface area contributed by atoms with E-state index >= 15 is 0 Å². The first-order valence-corrected chi connectivity index (χ1v) is 5.03. The van der Waals surface area contributed by atoms with Crippen LogP contribution >= 0.6 is 12.2 Å². The number of aromatic amines is 3. The van der Waals surface area contributed by atoms with E-state index in [0.29, 0.717) is 30.0 Å². The van der Waals surface area contributed by atoms with Gasteiger partial charge in [0.2, 0.25) is 0 Å². The fourth-order valence-corrected chi connectivity index (χ4v) is 1.40. The molecule has 0 fully saturated rings. The van der Waals surface area contributed by atoms with E-state index in [1.807, 2.05) is 0 Å². The summed E-state index contributed by atoms with van der Waals surface area (Å²) in [6.45, 7) is 0.496. The molecule has 5 N–H and O–H groups in total. The lowest BCUT2D eigenvalue weighted by molar-refractivity contribution is 1.03. The van der Waals surface area contributed by atoms with Crippen LogP contribution in [0, 0.1) is 16.6 Å². The molecular weight excluding hydrogens is 226 g/mol. The molecular formula is C9H9N5OS. The van der Waals surface area contributed by atoms with Crippen molar-refractivity contribution in [1.29, 1.82) is 0 Å². The van der Waals surface area contributed by atoms with Gasteiger partial charge in [-0.15, -0.1) is 0 Å². The van der Waals surface area contributed by atoms with Crippen LogP contribution in [0.5, 0.6) is 0 Å². The number of aromatic nitrogens is 4. The van der Waals surface area contributed by atoms with Gasteiger partial charge in [-0.2, -0.15) is 0 Å². The lowest BCUT2D eigenvalue weighted by Gasteiger charge is -1.85. The van der Waals surface area contributed by atoms with Gasteiger partial charge in [-0.25, -0.2) is 4.98 Å². The van der Waals surface area contributed by atoms with Crippen LogP contribution in [0.25, 0.3) is 11.2 Å². The molecule has 2 aromatic heterocycles. The molecule has 0 saturated heterocycles. The molecule has 0 bridgehead atoms. The van der Waals surface area contributed by atoms with E-state index in [-0.39, 0.29) is 10.3 Å². The van der Waals surface area contributed by atoms with Crippen molar-refractivity contribution in [1.82, 2.24) is 19.9 Å². The van der Waals surface area contributed by atoms with Crippen LogP contribution in [0.15, 0.2) is 4.79 Å². The molecule has 0 aliphatic heterocycles. The molecule has 2 aromatic rings. The predicted molar refractivity (Wildman–Crippen MR) is 62.4 cm³/mol. The summed E-state index contributed by atoms with van der Waals surface area (Å²) in [7, 11) is 0. The molecule has 0 aromatic carbocycles. The highest BCUT2D eigenvalue weighted by Gasteiger charge is 2.04. The van der Waals surface area contributed by atoms with Gasteiger partial charge in [0.05, 0.1) is 0 Å². The molecule has 0 aliphatic rings. The molecule has 0 spiro atoms. The number of fused-ring (bicyclic) bond motifs is 1. The topological polar surface area (TPSA) is 103 Å². The second-order valence-electron chi connectivity index (χ2n) is 3.06. The molecule has 2 heterocycles. The second-order valence-corrected chi connectivity index (χ2v) is 3.47. The number of H-pyrrole nitrogens is 3. The van der Waals surface area contributed by atoms with Crippen LogP contribution in [-0.2, 0) is 0 Å². The van der Waals surface area contributed by atoms with Crippen molar-refractivity contribution >= 4 is 23.4 Å². The maximum atomic E-state index is 11.5. The van der Waals surface area contributed by atoms with Crippen LogP contribution in [0.1, 0.15) is 12.2 Å². The molecule has 6 nitrogen and oxygen atoms in total. The number of nitrogens with two attached hydrogens (primary N) is 1. The van der Waals surface area contributed by atoms with Crippen LogP contribution in [0.3, 0.4) is 0 Å². The van der Waals surface area contributed by atoms with Gasteiger partial charge in [0.25, 0.3) is 5.56 Å². The Morgan fingerprint density at radius 3 is 2.94 bits per heavy atom. The summed E-state index contributed by atoms with van der Waals surface area (Å²) >= 11 is 4.82. The standard InChI is InChI=1S/C9H9N5OS/c10-4-2-1-3-5-11-6-7(12-5)13-9(16)14-8(6)15/h2,4,10H2,(H3,11,12,13,14,15,16). The molecule has 2 rings (SSSR count). The minimum absolute atomic E-state index is 0.241. The van der Waals surface area contributed by atoms with Crippen LogP contribution < -0.4 is 11.3 Å². The monoisotopic (exact) mass is 235 g/mol. The Labute approximate surface area is 95.3 Å². The number of rotatable bonds is 1. The smallest absolute Gasteiger partial charge is 0.277 e. The fourth-order valence-electron chi connectivity index (χ4n) is 1.21. The van der Waals surface area contributed by atoms with Crippen molar-refractivity contribution in [3.8, 4) is 11.8 Å². The third-order valence-electron chi connectivity index (χ3n) is 1.87. The summed E-state index contributed by atoms with van der Waals surface area (Å²) < 4.78 is 0.241. The maximum Gasteiger partial charge on any atom is 0.277 e. The second kappa shape index (κ2) is 4.30. The Balaban J connectivity index is 2.54.